The second kappa shape index (κ2) is 8.76. The van der Waals surface area contributed by atoms with E-state index in [0.717, 1.165) is 37.9 Å². The lowest BCUT2D eigenvalue weighted by molar-refractivity contribution is 0.323. The van der Waals surface area contributed by atoms with Crippen LogP contribution in [0.2, 0.25) is 0 Å². The van der Waals surface area contributed by atoms with E-state index < -0.39 is 10.0 Å². The van der Waals surface area contributed by atoms with Crippen LogP contribution in [-0.4, -0.2) is 40.5 Å². The van der Waals surface area contributed by atoms with E-state index in [-0.39, 0.29) is 11.3 Å². The summed E-state index contributed by atoms with van der Waals surface area (Å²) >= 11 is 0. The Balaban J connectivity index is 1.81. The Morgan fingerprint density at radius 1 is 1.08 bits per heavy atom. The van der Waals surface area contributed by atoms with Crippen LogP contribution in [0.1, 0.15) is 39.5 Å². The van der Waals surface area contributed by atoms with Crippen LogP contribution in [0.5, 0.6) is 11.5 Å². The molecule has 0 atom stereocenters. The summed E-state index contributed by atoms with van der Waals surface area (Å²) in [7, 11) is 0.0718. The van der Waals surface area contributed by atoms with E-state index in [2.05, 4.69) is 10.0 Å². The first kappa shape index (κ1) is 19.8. The maximum atomic E-state index is 12.0. The molecule has 1 saturated carbocycles. The number of rotatable bonds is 8. The fourth-order valence-electron chi connectivity index (χ4n) is 3.06. The SMILES string of the molecule is COc1ccc(NCC2CCC(NS(=O)(=O)C(C)C)CC2)cc1OC. The maximum absolute atomic E-state index is 12.0. The number of benzene rings is 1. The molecule has 0 spiro atoms. The van der Waals surface area contributed by atoms with Crippen LogP contribution in [0.25, 0.3) is 0 Å². The molecule has 6 nitrogen and oxygen atoms in total. The van der Waals surface area contributed by atoms with E-state index in [0.29, 0.717) is 17.4 Å². The minimum absolute atomic E-state index is 0.0738. The molecule has 0 bridgehead atoms. The molecule has 1 aliphatic rings. The van der Waals surface area contributed by atoms with Crippen molar-refractivity contribution < 1.29 is 17.9 Å². The maximum Gasteiger partial charge on any atom is 0.214 e. The molecule has 0 heterocycles. The van der Waals surface area contributed by atoms with Gasteiger partial charge in [-0.05, 0) is 57.6 Å². The van der Waals surface area contributed by atoms with Gasteiger partial charge in [-0.3, -0.25) is 0 Å². The van der Waals surface area contributed by atoms with E-state index >= 15 is 0 Å². The molecule has 142 valence electrons. The van der Waals surface area contributed by atoms with E-state index in [1.165, 1.54) is 0 Å². The molecule has 2 N–H and O–H groups in total. The Labute approximate surface area is 151 Å². The molecule has 0 aliphatic heterocycles. The normalized spacial score (nSPS) is 21.2. The zero-order valence-corrected chi connectivity index (χ0v) is 16.4. The van der Waals surface area contributed by atoms with Gasteiger partial charge >= 0.3 is 0 Å². The Kier molecular flexibility index (Phi) is 6.95. The molecule has 1 aromatic carbocycles. The number of methoxy groups -OCH3 is 2. The lowest BCUT2D eigenvalue weighted by atomic mass is 9.86. The molecule has 1 fully saturated rings. The van der Waals surface area contributed by atoms with Crippen LogP contribution >= 0.6 is 0 Å². The van der Waals surface area contributed by atoms with Gasteiger partial charge in [0.1, 0.15) is 0 Å². The fraction of sp³-hybridized carbons (Fsp3) is 0.667. The number of anilines is 1. The summed E-state index contributed by atoms with van der Waals surface area (Å²) < 4.78 is 37.3. The Hall–Kier alpha value is -1.47. The Morgan fingerprint density at radius 2 is 1.72 bits per heavy atom. The largest absolute Gasteiger partial charge is 0.493 e. The zero-order valence-electron chi connectivity index (χ0n) is 15.5. The average Bonchev–Trinajstić information content (AvgIpc) is 2.60. The van der Waals surface area contributed by atoms with Crippen molar-refractivity contribution in [2.45, 2.75) is 50.8 Å². The molecule has 1 aromatic rings. The molecule has 7 heteroatoms. The quantitative estimate of drug-likeness (QED) is 0.736. The summed E-state index contributed by atoms with van der Waals surface area (Å²) in [6.07, 6.45) is 3.83. The van der Waals surface area contributed by atoms with Crippen molar-refractivity contribution in [2.75, 3.05) is 26.1 Å². The molecule has 2 rings (SSSR count). The molecule has 25 heavy (non-hydrogen) atoms. The van der Waals surface area contributed by atoms with Gasteiger partial charge in [-0.2, -0.15) is 0 Å². The minimum atomic E-state index is -3.18. The summed E-state index contributed by atoms with van der Waals surface area (Å²) in [4.78, 5) is 0. The highest BCUT2D eigenvalue weighted by Crippen LogP contribution is 2.31. The first-order valence-corrected chi connectivity index (χ1v) is 10.4. The fourth-order valence-corrected chi connectivity index (χ4v) is 4.03. The van der Waals surface area contributed by atoms with E-state index in [1.807, 2.05) is 18.2 Å². The predicted octanol–water partition coefficient (Wildman–Crippen LogP) is 3.00. The van der Waals surface area contributed by atoms with E-state index in [9.17, 15) is 8.42 Å². The average molecular weight is 371 g/mol. The standard InChI is InChI=1S/C18H30N2O4S/c1-13(2)25(21,22)20-15-7-5-14(6-8-15)12-19-16-9-10-17(23-3)18(11-16)24-4/h9-11,13-15,19-20H,5-8,12H2,1-4H3. The van der Waals surface area contributed by atoms with Gasteiger partial charge in [-0.25, -0.2) is 13.1 Å². The number of nitrogens with one attached hydrogen (secondary N) is 2. The minimum Gasteiger partial charge on any atom is -0.493 e. The van der Waals surface area contributed by atoms with Gasteiger partial charge in [-0.1, -0.05) is 0 Å². The molecule has 0 amide bonds. The lowest BCUT2D eigenvalue weighted by Gasteiger charge is -2.29. The van der Waals surface area contributed by atoms with Crippen molar-refractivity contribution in [2.24, 2.45) is 5.92 Å². The third-order valence-electron chi connectivity index (χ3n) is 4.78. The highest BCUT2D eigenvalue weighted by atomic mass is 32.2. The topological polar surface area (TPSA) is 76.7 Å². The number of hydrogen-bond donors (Lipinski definition) is 2. The van der Waals surface area contributed by atoms with Crippen LogP contribution in [-0.2, 0) is 10.0 Å². The summed E-state index contributed by atoms with van der Waals surface area (Å²) in [6, 6.07) is 5.87. The van der Waals surface area contributed by atoms with Gasteiger partial charge in [0.25, 0.3) is 0 Å². The second-order valence-corrected chi connectivity index (χ2v) is 9.15. The Morgan fingerprint density at radius 3 is 2.28 bits per heavy atom. The first-order chi connectivity index (χ1) is 11.9. The van der Waals surface area contributed by atoms with Gasteiger partial charge in [-0.15, -0.1) is 0 Å². The highest BCUT2D eigenvalue weighted by Gasteiger charge is 2.26. The van der Waals surface area contributed by atoms with Crippen molar-refractivity contribution in [3.63, 3.8) is 0 Å². The molecule has 0 unspecified atom stereocenters. The molecular formula is C18H30N2O4S. The molecule has 0 radical (unpaired) electrons. The van der Waals surface area contributed by atoms with Crippen LogP contribution < -0.4 is 19.5 Å². The third-order valence-corrected chi connectivity index (χ3v) is 6.68. The van der Waals surface area contributed by atoms with Crippen LogP contribution in [0.15, 0.2) is 18.2 Å². The second-order valence-electron chi connectivity index (χ2n) is 6.88. The van der Waals surface area contributed by atoms with Gasteiger partial charge in [0.05, 0.1) is 19.5 Å². The number of ether oxygens (including phenoxy) is 2. The smallest absolute Gasteiger partial charge is 0.214 e. The Bertz CT molecular complexity index is 653. The van der Waals surface area contributed by atoms with Crippen molar-refractivity contribution in [1.29, 1.82) is 0 Å². The van der Waals surface area contributed by atoms with Gasteiger partial charge in [0.15, 0.2) is 11.5 Å². The summed E-state index contributed by atoms with van der Waals surface area (Å²) in [5, 5.41) is 3.07. The van der Waals surface area contributed by atoms with Crippen molar-refractivity contribution in [1.82, 2.24) is 4.72 Å². The number of sulfonamides is 1. The van der Waals surface area contributed by atoms with Gasteiger partial charge in [0.2, 0.25) is 10.0 Å². The summed E-state index contributed by atoms with van der Waals surface area (Å²) in [5.74, 6) is 1.97. The lowest BCUT2D eigenvalue weighted by Crippen LogP contribution is -2.41. The first-order valence-electron chi connectivity index (χ1n) is 8.82. The van der Waals surface area contributed by atoms with Gasteiger partial charge < -0.3 is 14.8 Å². The van der Waals surface area contributed by atoms with Crippen LogP contribution in [0.3, 0.4) is 0 Å². The van der Waals surface area contributed by atoms with Gasteiger partial charge in [0, 0.05) is 24.3 Å². The summed E-state index contributed by atoms with van der Waals surface area (Å²) in [5.41, 5.74) is 1.00. The monoisotopic (exact) mass is 370 g/mol. The van der Waals surface area contributed by atoms with Crippen molar-refractivity contribution in [3.05, 3.63) is 18.2 Å². The number of hydrogen-bond acceptors (Lipinski definition) is 5. The third kappa shape index (κ3) is 5.51. The molecule has 0 aromatic heterocycles. The van der Waals surface area contributed by atoms with Crippen LogP contribution in [0.4, 0.5) is 5.69 Å². The van der Waals surface area contributed by atoms with E-state index in [4.69, 9.17) is 9.47 Å². The molecular weight excluding hydrogens is 340 g/mol. The summed E-state index contributed by atoms with van der Waals surface area (Å²) in [6.45, 7) is 4.29. The molecule has 1 aliphatic carbocycles. The van der Waals surface area contributed by atoms with Crippen molar-refractivity contribution in [3.8, 4) is 11.5 Å². The van der Waals surface area contributed by atoms with E-state index in [1.54, 1.807) is 28.1 Å². The molecule has 0 saturated heterocycles. The van der Waals surface area contributed by atoms with Crippen molar-refractivity contribution >= 4 is 15.7 Å². The predicted molar refractivity (Wildman–Crippen MR) is 101 cm³/mol. The zero-order chi connectivity index (χ0) is 18.4. The van der Waals surface area contributed by atoms with Crippen LogP contribution in [0, 0.1) is 5.92 Å². The highest BCUT2D eigenvalue weighted by molar-refractivity contribution is 7.90.